The van der Waals surface area contributed by atoms with Crippen LogP contribution in [0.5, 0.6) is 0 Å². The van der Waals surface area contributed by atoms with Gasteiger partial charge in [-0.15, -0.1) is 0 Å². The summed E-state index contributed by atoms with van der Waals surface area (Å²) in [4.78, 5) is 7.13. The van der Waals surface area contributed by atoms with Gasteiger partial charge in [0.05, 0.1) is 12.1 Å². The molecule has 0 spiro atoms. The molecular formula is C17H22N2O. The molecule has 1 aromatic heterocycles. The molecule has 1 N–H and O–H groups in total. The zero-order valence-corrected chi connectivity index (χ0v) is 12.0. The Morgan fingerprint density at radius 2 is 2.00 bits per heavy atom. The molecule has 2 heterocycles. The fourth-order valence-corrected chi connectivity index (χ4v) is 3.10. The second-order valence-electron chi connectivity index (χ2n) is 5.65. The zero-order chi connectivity index (χ0) is 13.9. The fourth-order valence-electron chi connectivity index (χ4n) is 3.10. The van der Waals surface area contributed by atoms with E-state index in [2.05, 4.69) is 17.9 Å². The number of rotatable bonds is 3. The van der Waals surface area contributed by atoms with Crippen molar-refractivity contribution in [2.45, 2.75) is 32.8 Å². The first kappa shape index (κ1) is 13.4. The van der Waals surface area contributed by atoms with E-state index in [1.54, 1.807) is 0 Å². The molecule has 1 aliphatic rings. The second-order valence-corrected chi connectivity index (χ2v) is 5.65. The van der Waals surface area contributed by atoms with Crippen LogP contribution in [0.15, 0.2) is 30.3 Å². The number of aliphatic hydroxyl groups excluding tert-OH is 1. The molecule has 1 aliphatic heterocycles. The third-order valence-corrected chi connectivity index (χ3v) is 4.47. The number of pyridine rings is 1. The molecule has 0 bridgehead atoms. The Hall–Kier alpha value is -1.61. The van der Waals surface area contributed by atoms with Crippen molar-refractivity contribution in [1.29, 1.82) is 0 Å². The normalized spacial score (nSPS) is 16.8. The molecule has 1 aromatic carbocycles. The van der Waals surface area contributed by atoms with Gasteiger partial charge in [-0.25, -0.2) is 4.98 Å². The number of anilines is 1. The summed E-state index contributed by atoms with van der Waals surface area (Å²) in [5.74, 6) is 1.88. The molecule has 0 radical (unpaired) electrons. The molecule has 0 aliphatic carbocycles. The number of hydrogen-bond donors (Lipinski definition) is 1. The van der Waals surface area contributed by atoms with Crippen LogP contribution in [-0.2, 0) is 6.61 Å². The first-order valence-corrected chi connectivity index (χ1v) is 7.56. The lowest BCUT2D eigenvalue weighted by Crippen LogP contribution is -2.34. The Labute approximate surface area is 120 Å². The molecule has 1 saturated heterocycles. The van der Waals surface area contributed by atoms with Crippen molar-refractivity contribution < 1.29 is 5.11 Å². The quantitative estimate of drug-likeness (QED) is 0.929. The SMILES string of the molecule is CCC1CCN(c2cc(CO)c3ccccc3n2)CC1. The van der Waals surface area contributed by atoms with E-state index in [0.717, 1.165) is 41.3 Å². The lowest BCUT2D eigenvalue weighted by Gasteiger charge is -2.32. The summed E-state index contributed by atoms with van der Waals surface area (Å²) in [6.07, 6.45) is 3.78. The van der Waals surface area contributed by atoms with E-state index in [1.165, 1.54) is 19.3 Å². The van der Waals surface area contributed by atoms with E-state index in [0.29, 0.717) is 0 Å². The highest BCUT2D eigenvalue weighted by Gasteiger charge is 2.19. The number of hydrogen-bond acceptors (Lipinski definition) is 3. The highest BCUT2D eigenvalue weighted by atomic mass is 16.3. The van der Waals surface area contributed by atoms with Crippen molar-refractivity contribution in [2.24, 2.45) is 5.92 Å². The molecule has 106 valence electrons. The van der Waals surface area contributed by atoms with Gasteiger partial charge in [-0.1, -0.05) is 31.5 Å². The summed E-state index contributed by atoms with van der Waals surface area (Å²) >= 11 is 0. The van der Waals surface area contributed by atoms with E-state index in [4.69, 9.17) is 4.98 Å². The van der Waals surface area contributed by atoms with Gasteiger partial charge in [0.1, 0.15) is 5.82 Å². The van der Waals surface area contributed by atoms with Gasteiger partial charge in [-0.2, -0.15) is 0 Å². The van der Waals surface area contributed by atoms with Gasteiger partial charge in [-0.3, -0.25) is 0 Å². The number of aliphatic hydroxyl groups is 1. The molecule has 0 atom stereocenters. The maximum atomic E-state index is 9.59. The van der Waals surface area contributed by atoms with Gasteiger partial charge in [0.2, 0.25) is 0 Å². The van der Waals surface area contributed by atoms with E-state index in [-0.39, 0.29) is 6.61 Å². The lowest BCUT2D eigenvalue weighted by molar-refractivity contribution is 0.283. The Balaban J connectivity index is 1.92. The summed E-state index contributed by atoms with van der Waals surface area (Å²) in [5.41, 5.74) is 1.95. The van der Waals surface area contributed by atoms with Crippen molar-refractivity contribution in [1.82, 2.24) is 4.98 Å². The van der Waals surface area contributed by atoms with Gasteiger partial charge in [0, 0.05) is 18.5 Å². The predicted octanol–water partition coefficient (Wildman–Crippen LogP) is 3.35. The second kappa shape index (κ2) is 5.80. The van der Waals surface area contributed by atoms with Gasteiger partial charge < -0.3 is 10.0 Å². The lowest BCUT2D eigenvalue weighted by atomic mass is 9.94. The molecule has 2 aromatic rings. The monoisotopic (exact) mass is 270 g/mol. The van der Waals surface area contributed by atoms with Crippen LogP contribution < -0.4 is 4.90 Å². The van der Waals surface area contributed by atoms with E-state index >= 15 is 0 Å². The molecule has 0 unspecified atom stereocenters. The predicted molar refractivity (Wildman–Crippen MR) is 82.9 cm³/mol. The van der Waals surface area contributed by atoms with Gasteiger partial charge in [-0.05, 0) is 36.5 Å². The van der Waals surface area contributed by atoms with Crippen LogP contribution >= 0.6 is 0 Å². The van der Waals surface area contributed by atoms with Gasteiger partial charge in [0.25, 0.3) is 0 Å². The van der Waals surface area contributed by atoms with Gasteiger partial charge in [0.15, 0.2) is 0 Å². The van der Waals surface area contributed by atoms with Crippen molar-refractivity contribution in [3.63, 3.8) is 0 Å². The van der Waals surface area contributed by atoms with Crippen LogP contribution in [0.2, 0.25) is 0 Å². The molecule has 1 fully saturated rings. The maximum Gasteiger partial charge on any atom is 0.129 e. The standard InChI is InChI=1S/C17H22N2O/c1-2-13-7-9-19(10-8-13)17-11-14(12-20)15-5-3-4-6-16(15)18-17/h3-6,11,13,20H,2,7-10,12H2,1H3. The van der Waals surface area contributed by atoms with Crippen LogP contribution in [0.1, 0.15) is 31.7 Å². The first-order chi connectivity index (χ1) is 9.81. The largest absolute Gasteiger partial charge is 0.392 e. The summed E-state index contributed by atoms with van der Waals surface area (Å²) in [5, 5.41) is 10.6. The molecule has 3 heteroatoms. The Kier molecular flexibility index (Phi) is 3.88. The third kappa shape index (κ3) is 2.50. The summed E-state index contributed by atoms with van der Waals surface area (Å²) in [6, 6.07) is 10.1. The van der Waals surface area contributed by atoms with Crippen LogP contribution in [-0.4, -0.2) is 23.2 Å². The molecule has 0 saturated carbocycles. The average Bonchev–Trinajstić information content (AvgIpc) is 2.54. The van der Waals surface area contributed by atoms with Crippen molar-refractivity contribution >= 4 is 16.7 Å². The number of piperidine rings is 1. The minimum Gasteiger partial charge on any atom is -0.392 e. The fraction of sp³-hybridized carbons (Fsp3) is 0.471. The molecule has 3 nitrogen and oxygen atoms in total. The number of aromatic nitrogens is 1. The van der Waals surface area contributed by atoms with Crippen molar-refractivity contribution in [3.05, 3.63) is 35.9 Å². The number of fused-ring (bicyclic) bond motifs is 1. The molecule has 0 amide bonds. The van der Waals surface area contributed by atoms with E-state index < -0.39 is 0 Å². The van der Waals surface area contributed by atoms with Crippen LogP contribution in [0.25, 0.3) is 10.9 Å². The Bertz CT molecular complexity index is 589. The maximum absolute atomic E-state index is 9.59. The van der Waals surface area contributed by atoms with E-state index in [1.807, 2.05) is 24.3 Å². The van der Waals surface area contributed by atoms with Crippen LogP contribution in [0, 0.1) is 5.92 Å². The molecule has 20 heavy (non-hydrogen) atoms. The topological polar surface area (TPSA) is 36.4 Å². The number of benzene rings is 1. The average molecular weight is 270 g/mol. The van der Waals surface area contributed by atoms with Crippen molar-refractivity contribution in [2.75, 3.05) is 18.0 Å². The van der Waals surface area contributed by atoms with Gasteiger partial charge >= 0.3 is 0 Å². The van der Waals surface area contributed by atoms with Crippen LogP contribution in [0.3, 0.4) is 0 Å². The number of nitrogens with zero attached hydrogens (tertiary/aromatic N) is 2. The molecular weight excluding hydrogens is 248 g/mol. The minimum atomic E-state index is 0.0709. The summed E-state index contributed by atoms with van der Waals surface area (Å²) in [6.45, 7) is 4.50. The first-order valence-electron chi connectivity index (χ1n) is 7.56. The minimum absolute atomic E-state index is 0.0709. The third-order valence-electron chi connectivity index (χ3n) is 4.47. The highest BCUT2D eigenvalue weighted by Crippen LogP contribution is 2.27. The summed E-state index contributed by atoms with van der Waals surface area (Å²) < 4.78 is 0. The smallest absolute Gasteiger partial charge is 0.129 e. The van der Waals surface area contributed by atoms with E-state index in [9.17, 15) is 5.11 Å². The highest BCUT2D eigenvalue weighted by molar-refractivity contribution is 5.84. The summed E-state index contributed by atoms with van der Waals surface area (Å²) in [7, 11) is 0. The van der Waals surface area contributed by atoms with Crippen molar-refractivity contribution in [3.8, 4) is 0 Å². The van der Waals surface area contributed by atoms with Crippen LogP contribution in [0.4, 0.5) is 5.82 Å². The number of para-hydroxylation sites is 1. The zero-order valence-electron chi connectivity index (χ0n) is 12.0. The Morgan fingerprint density at radius 1 is 1.25 bits per heavy atom. The molecule has 3 rings (SSSR count). The Morgan fingerprint density at radius 3 is 2.70 bits per heavy atom.